The van der Waals surface area contributed by atoms with Gasteiger partial charge in [-0.3, -0.25) is 24.7 Å². The number of halogens is 4. The number of alkyl halides is 3. The Morgan fingerprint density at radius 2 is 2.05 bits per heavy atom. The van der Waals surface area contributed by atoms with Crippen LogP contribution in [0.2, 0.25) is 5.02 Å². The van der Waals surface area contributed by atoms with Gasteiger partial charge in [-0.1, -0.05) is 11.6 Å². The molecule has 2 unspecified atom stereocenters. The van der Waals surface area contributed by atoms with E-state index in [0.717, 1.165) is 0 Å². The van der Waals surface area contributed by atoms with E-state index in [-0.39, 0.29) is 50.6 Å². The van der Waals surface area contributed by atoms with Crippen molar-refractivity contribution < 1.29 is 32.3 Å². The third-order valence-electron chi connectivity index (χ3n) is 7.72. The van der Waals surface area contributed by atoms with Crippen molar-refractivity contribution in [3.63, 3.8) is 0 Å². The SMILES string of the molecule is CN1C(=O)[C@@H]2CN(C(=O)CCOC[C@@H]3CCN3C3CNNC(=O)C3C(F)(F)F)CCN2c2ncc(Cl)cc21. The number of carbonyl (C=O) groups excluding carboxylic acids is 3. The molecule has 0 radical (unpaired) electrons. The summed E-state index contributed by atoms with van der Waals surface area (Å²) in [4.78, 5) is 48.8. The van der Waals surface area contributed by atoms with Crippen molar-refractivity contribution in [2.24, 2.45) is 5.92 Å². The lowest BCUT2D eigenvalue weighted by atomic mass is 9.89. The summed E-state index contributed by atoms with van der Waals surface area (Å²) in [6.07, 6.45) is -2.38. The number of hydrogen-bond donors (Lipinski definition) is 2. The third-order valence-corrected chi connectivity index (χ3v) is 7.93. The van der Waals surface area contributed by atoms with E-state index >= 15 is 0 Å². The summed E-state index contributed by atoms with van der Waals surface area (Å²) in [5, 5.41) is 0.432. The summed E-state index contributed by atoms with van der Waals surface area (Å²) in [7, 11) is 1.65. The number of hydrogen-bond acceptors (Lipinski definition) is 8. The van der Waals surface area contributed by atoms with Crippen molar-refractivity contribution in [2.75, 3.05) is 62.8 Å². The molecule has 3 saturated heterocycles. The minimum Gasteiger partial charge on any atom is -0.379 e. The first-order valence-electron chi connectivity index (χ1n) is 12.5. The Labute approximate surface area is 222 Å². The van der Waals surface area contributed by atoms with Crippen LogP contribution in [-0.4, -0.2) is 110 Å². The molecule has 4 aliphatic rings. The number of carbonyl (C=O) groups is 3. The predicted octanol–water partition coefficient (Wildman–Crippen LogP) is 0.391. The lowest BCUT2D eigenvalue weighted by molar-refractivity contribution is -0.208. The summed E-state index contributed by atoms with van der Waals surface area (Å²) in [5.74, 6) is -2.85. The lowest BCUT2D eigenvalue weighted by Crippen LogP contribution is -2.69. The zero-order chi connectivity index (χ0) is 27.2. The molecule has 0 spiro atoms. The quantitative estimate of drug-likeness (QED) is 0.482. The normalized spacial score (nSPS) is 28.0. The van der Waals surface area contributed by atoms with Crippen LogP contribution in [0.3, 0.4) is 0 Å². The van der Waals surface area contributed by atoms with Gasteiger partial charge in [-0.05, 0) is 12.5 Å². The molecule has 3 amide bonds. The number of likely N-dealkylation sites (tertiary alicyclic amines) is 1. The fraction of sp³-hybridized carbons (Fsp3) is 0.652. The van der Waals surface area contributed by atoms with Gasteiger partial charge in [-0.25, -0.2) is 10.4 Å². The first kappa shape index (κ1) is 26.9. The second kappa shape index (κ2) is 10.5. The van der Waals surface area contributed by atoms with Gasteiger partial charge in [0.25, 0.3) is 5.91 Å². The molecule has 3 fully saturated rings. The number of nitrogens with one attached hydrogen (secondary N) is 2. The summed E-state index contributed by atoms with van der Waals surface area (Å²) in [6.45, 7) is 1.78. The van der Waals surface area contributed by atoms with Gasteiger partial charge in [-0.15, -0.1) is 0 Å². The minimum atomic E-state index is -4.64. The van der Waals surface area contributed by atoms with E-state index in [1.807, 2.05) is 4.90 Å². The van der Waals surface area contributed by atoms with E-state index in [1.54, 1.807) is 22.9 Å². The zero-order valence-electron chi connectivity index (χ0n) is 20.7. The standard InChI is InChI=1S/C23H29ClF3N7O4/c1-31-15-8-13(24)9-28-20(15)34-6-5-32(11-17(34)22(31)37)18(35)3-7-38-12-14-2-4-33(14)16-10-29-30-21(36)19(16)23(25,26)27/h8-9,14,16-17,19,29H,2-7,10-12H2,1H3,(H,30,36)/t14-,16?,17-,19?/m0/s1. The smallest absolute Gasteiger partial charge is 0.379 e. The van der Waals surface area contributed by atoms with Crippen LogP contribution in [0.25, 0.3) is 0 Å². The number of piperazine rings is 1. The Morgan fingerprint density at radius 3 is 2.76 bits per heavy atom. The van der Waals surface area contributed by atoms with Crippen LogP contribution >= 0.6 is 11.6 Å². The average molecular weight is 560 g/mol. The summed E-state index contributed by atoms with van der Waals surface area (Å²) in [5.41, 5.74) is 5.23. The summed E-state index contributed by atoms with van der Waals surface area (Å²) in [6, 6.07) is -0.122. The predicted molar refractivity (Wildman–Crippen MR) is 130 cm³/mol. The van der Waals surface area contributed by atoms with E-state index in [9.17, 15) is 27.6 Å². The van der Waals surface area contributed by atoms with Gasteiger partial charge in [0, 0.05) is 51.5 Å². The topological polar surface area (TPSA) is 110 Å². The molecular formula is C23H29ClF3N7O4. The Kier molecular flexibility index (Phi) is 7.42. The van der Waals surface area contributed by atoms with E-state index in [0.29, 0.717) is 42.6 Å². The molecule has 208 valence electrons. The van der Waals surface area contributed by atoms with Gasteiger partial charge >= 0.3 is 6.18 Å². The van der Waals surface area contributed by atoms with Crippen molar-refractivity contribution in [1.29, 1.82) is 0 Å². The maximum atomic E-state index is 13.5. The molecule has 2 N–H and O–H groups in total. The molecule has 5 rings (SSSR count). The van der Waals surface area contributed by atoms with Crippen molar-refractivity contribution in [2.45, 2.75) is 37.1 Å². The van der Waals surface area contributed by atoms with Crippen LogP contribution < -0.4 is 20.7 Å². The molecule has 0 saturated carbocycles. The average Bonchev–Trinajstić information content (AvgIpc) is 2.85. The minimum absolute atomic E-state index is 0.0149. The van der Waals surface area contributed by atoms with Gasteiger partial charge in [-0.2, -0.15) is 13.2 Å². The Balaban J connectivity index is 1.11. The van der Waals surface area contributed by atoms with Crippen LogP contribution in [-0.2, 0) is 19.1 Å². The molecule has 1 aromatic heterocycles. The largest absolute Gasteiger partial charge is 0.402 e. The first-order chi connectivity index (χ1) is 18.1. The maximum absolute atomic E-state index is 13.5. The number of aromatic nitrogens is 1. The van der Waals surface area contributed by atoms with Crippen molar-refractivity contribution in [3.05, 3.63) is 17.3 Å². The number of pyridine rings is 1. The Bertz CT molecular complexity index is 1110. The fourth-order valence-electron chi connectivity index (χ4n) is 5.61. The van der Waals surface area contributed by atoms with Gasteiger partial charge in [0.1, 0.15) is 6.04 Å². The Morgan fingerprint density at radius 1 is 1.26 bits per heavy atom. The number of ether oxygens (including phenoxy) is 1. The second-order valence-corrected chi connectivity index (χ2v) is 10.3. The van der Waals surface area contributed by atoms with Crippen LogP contribution in [0.5, 0.6) is 0 Å². The first-order valence-corrected chi connectivity index (χ1v) is 12.8. The third kappa shape index (κ3) is 5.01. The van der Waals surface area contributed by atoms with Crippen molar-refractivity contribution in [1.82, 2.24) is 25.6 Å². The molecule has 4 aliphatic heterocycles. The van der Waals surface area contributed by atoms with E-state index in [4.69, 9.17) is 16.3 Å². The molecule has 4 atom stereocenters. The molecule has 5 heterocycles. The number of likely N-dealkylation sites (N-methyl/N-ethyl adjacent to an activating group) is 1. The van der Waals surface area contributed by atoms with Crippen molar-refractivity contribution >= 4 is 40.8 Å². The maximum Gasteiger partial charge on any atom is 0.402 e. The van der Waals surface area contributed by atoms with Crippen LogP contribution in [0.4, 0.5) is 24.7 Å². The summed E-state index contributed by atoms with van der Waals surface area (Å²) < 4.78 is 46.1. The summed E-state index contributed by atoms with van der Waals surface area (Å²) >= 11 is 6.05. The van der Waals surface area contributed by atoms with E-state index < -0.39 is 30.1 Å². The van der Waals surface area contributed by atoms with Gasteiger partial charge in [0.2, 0.25) is 11.8 Å². The second-order valence-electron chi connectivity index (χ2n) is 9.90. The highest BCUT2D eigenvalue weighted by Crippen LogP contribution is 2.37. The molecule has 38 heavy (non-hydrogen) atoms. The molecule has 0 bridgehead atoms. The number of anilines is 2. The number of rotatable bonds is 6. The molecule has 11 nitrogen and oxygen atoms in total. The van der Waals surface area contributed by atoms with Gasteiger partial charge < -0.3 is 19.4 Å². The fourth-order valence-corrected chi connectivity index (χ4v) is 5.76. The molecule has 0 aromatic carbocycles. The van der Waals surface area contributed by atoms with E-state index in [1.165, 1.54) is 11.1 Å². The van der Waals surface area contributed by atoms with Gasteiger partial charge in [0.15, 0.2) is 11.7 Å². The highest BCUT2D eigenvalue weighted by Gasteiger charge is 2.55. The number of nitrogens with zero attached hydrogens (tertiary/aromatic N) is 5. The van der Waals surface area contributed by atoms with Gasteiger partial charge in [0.05, 0.1) is 36.9 Å². The van der Waals surface area contributed by atoms with Crippen LogP contribution in [0.15, 0.2) is 12.3 Å². The number of fused-ring (bicyclic) bond motifs is 3. The molecule has 0 aliphatic carbocycles. The molecule has 1 aromatic rings. The van der Waals surface area contributed by atoms with Crippen LogP contribution in [0.1, 0.15) is 12.8 Å². The highest BCUT2D eigenvalue weighted by atomic mass is 35.5. The zero-order valence-corrected chi connectivity index (χ0v) is 21.5. The monoisotopic (exact) mass is 559 g/mol. The molecule has 15 heteroatoms. The van der Waals surface area contributed by atoms with Crippen molar-refractivity contribution in [3.8, 4) is 0 Å². The molecular weight excluding hydrogens is 531 g/mol. The number of hydrazine groups is 1. The van der Waals surface area contributed by atoms with E-state index in [2.05, 4.69) is 15.8 Å². The lowest BCUT2D eigenvalue weighted by Gasteiger charge is -2.49. The Hall–Kier alpha value is -2.68. The van der Waals surface area contributed by atoms with Crippen LogP contribution in [0, 0.1) is 5.92 Å². The highest BCUT2D eigenvalue weighted by molar-refractivity contribution is 6.31. The number of amides is 3.